The predicted octanol–water partition coefficient (Wildman–Crippen LogP) is -0.208. The van der Waals surface area contributed by atoms with E-state index in [-0.39, 0.29) is 6.04 Å². The van der Waals surface area contributed by atoms with Gasteiger partial charge in [0.05, 0.1) is 0 Å². The first-order valence-corrected chi connectivity index (χ1v) is 6.47. The van der Waals surface area contributed by atoms with E-state index < -0.39 is 10.2 Å². The molecule has 0 aromatic heterocycles. The second-order valence-electron chi connectivity index (χ2n) is 2.95. The van der Waals surface area contributed by atoms with E-state index >= 15 is 0 Å². The average molecular weight is 210 g/mol. The molecule has 0 saturated carbocycles. The van der Waals surface area contributed by atoms with E-state index in [9.17, 15) is 8.42 Å². The van der Waals surface area contributed by atoms with Crippen LogP contribution < -0.4 is 9.44 Å². The van der Waals surface area contributed by atoms with E-state index in [1.54, 1.807) is 11.8 Å². The van der Waals surface area contributed by atoms with Crippen LogP contribution in [0.4, 0.5) is 0 Å². The minimum atomic E-state index is -3.25. The van der Waals surface area contributed by atoms with E-state index in [1.807, 2.05) is 0 Å². The van der Waals surface area contributed by atoms with Crippen LogP contribution in [0.15, 0.2) is 0 Å². The predicted molar refractivity (Wildman–Crippen MR) is 51.4 cm³/mol. The SMILES string of the molecule is CNS(=O)(=O)NC1CSCC1C. The number of nitrogens with one attached hydrogen (secondary N) is 2. The minimum absolute atomic E-state index is 0.0902. The molecule has 1 rings (SSSR count). The zero-order chi connectivity index (χ0) is 9.19. The quantitative estimate of drug-likeness (QED) is 0.678. The molecule has 0 radical (unpaired) electrons. The zero-order valence-corrected chi connectivity index (χ0v) is 8.83. The summed E-state index contributed by atoms with van der Waals surface area (Å²) in [4.78, 5) is 0. The highest BCUT2D eigenvalue weighted by molar-refractivity contribution is 7.99. The maximum atomic E-state index is 11.1. The van der Waals surface area contributed by atoms with Crippen LogP contribution in [0, 0.1) is 5.92 Å². The minimum Gasteiger partial charge on any atom is -0.205 e. The molecule has 6 heteroatoms. The first-order chi connectivity index (χ1) is 5.55. The summed E-state index contributed by atoms with van der Waals surface area (Å²) in [5, 5.41) is 0. The van der Waals surface area contributed by atoms with Gasteiger partial charge in [-0.1, -0.05) is 6.92 Å². The van der Waals surface area contributed by atoms with Gasteiger partial charge < -0.3 is 0 Å². The molecular weight excluding hydrogens is 196 g/mol. The van der Waals surface area contributed by atoms with E-state index in [0.717, 1.165) is 11.5 Å². The molecule has 0 aromatic rings. The Morgan fingerprint density at radius 2 is 2.08 bits per heavy atom. The third-order valence-corrected chi connectivity index (χ3v) is 4.45. The second-order valence-corrected chi connectivity index (χ2v) is 5.67. The summed E-state index contributed by atoms with van der Waals surface area (Å²) in [6.45, 7) is 2.06. The number of hydrogen-bond donors (Lipinski definition) is 2. The molecule has 1 heterocycles. The third-order valence-electron chi connectivity index (χ3n) is 1.94. The molecule has 2 atom stereocenters. The number of rotatable bonds is 3. The molecule has 1 aliphatic rings. The van der Waals surface area contributed by atoms with Crippen molar-refractivity contribution in [3.8, 4) is 0 Å². The molecule has 1 saturated heterocycles. The fraction of sp³-hybridized carbons (Fsp3) is 1.00. The highest BCUT2D eigenvalue weighted by atomic mass is 32.2. The molecule has 4 nitrogen and oxygen atoms in total. The van der Waals surface area contributed by atoms with Crippen molar-refractivity contribution >= 4 is 22.0 Å². The lowest BCUT2D eigenvalue weighted by Crippen LogP contribution is -2.43. The van der Waals surface area contributed by atoms with E-state index in [1.165, 1.54) is 7.05 Å². The highest BCUT2D eigenvalue weighted by Gasteiger charge is 2.27. The summed E-state index contributed by atoms with van der Waals surface area (Å²) >= 11 is 1.79. The molecule has 0 amide bonds. The maximum absolute atomic E-state index is 11.1. The Bertz CT molecular complexity index is 240. The zero-order valence-electron chi connectivity index (χ0n) is 7.20. The summed E-state index contributed by atoms with van der Waals surface area (Å²) in [6.07, 6.45) is 0. The van der Waals surface area contributed by atoms with Crippen molar-refractivity contribution in [3.63, 3.8) is 0 Å². The third kappa shape index (κ3) is 2.62. The van der Waals surface area contributed by atoms with Crippen LogP contribution in [-0.2, 0) is 10.2 Å². The topological polar surface area (TPSA) is 58.2 Å². The van der Waals surface area contributed by atoms with Gasteiger partial charge in [-0.3, -0.25) is 0 Å². The lowest BCUT2D eigenvalue weighted by atomic mass is 10.1. The number of hydrogen-bond acceptors (Lipinski definition) is 3. The summed E-state index contributed by atoms with van der Waals surface area (Å²) in [5.74, 6) is 2.34. The van der Waals surface area contributed by atoms with Gasteiger partial charge >= 0.3 is 0 Å². The van der Waals surface area contributed by atoms with Gasteiger partial charge in [-0.25, -0.2) is 4.72 Å². The standard InChI is InChI=1S/C6H14N2O2S2/c1-5-3-11-4-6(5)8-12(9,10)7-2/h5-8H,3-4H2,1-2H3. The number of thioether (sulfide) groups is 1. The van der Waals surface area contributed by atoms with Gasteiger partial charge in [0.15, 0.2) is 0 Å². The van der Waals surface area contributed by atoms with Crippen molar-refractivity contribution in [1.82, 2.24) is 9.44 Å². The molecule has 0 aromatic carbocycles. The molecule has 2 N–H and O–H groups in total. The second kappa shape index (κ2) is 3.95. The van der Waals surface area contributed by atoms with Crippen molar-refractivity contribution in [2.45, 2.75) is 13.0 Å². The van der Waals surface area contributed by atoms with Gasteiger partial charge in [0.1, 0.15) is 0 Å². The molecule has 1 aliphatic heterocycles. The highest BCUT2D eigenvalue weighted by Crippen LogP contribution is 2.23. The molecule has 1 fully saturated rings. The Kier molecular flexibility index (Phi) is 3.39. The molecule has 12 heavy (non-hydrogen) atoms. The van der Waals surface area contributed by atoms with E-state index in [2.05, 4.69) is 16.4 Å². The molecule has 0 bridgehead atoms. The normalized spacial score (nSPS) is 30.8. The molecule has 0 aliphatic carbocycles. The Morgan fingerprint density at radius 1 is 1.42 bits per heavy atom. The van der Waals surface area contributed by atoms with Crippen molar-refractivity contribution in [2.75, 3.05) is 18.6 Å². The monoisotopic (exact) mass is 210 g/mol. The first-order valence-electron chi connectivity index (χ1n) is 3.83. The van der Waals surface area contributed by atoms with Gasteiger partial charge in [0, 0.05) is 18.8 Å². The summed E-state index contributed by atoms with van der Waals surface area (Å²) in [5.41, 5.74) is 0. The van der Waals surface area contributed by atoms with E-state index in [0.29, 0.717) is 5.92 Å². The maximum Gasteiger partial charge on any atom is 0.276 e. The Labute approximate surface area is 77.7 Å². The van der Waals surface area contributed by atoms with Crippen molar-refractivity contribution < 1.29 is 8.42 Å². The van der Waals surface area contributed by atoms with Crippen LogP contribution in [0.25, 0.3) is 0 Å². The van der Waals surface area contributed by atoms with Gasteiger partial charge in [-0.15, -0.1) is 0 Å². The first kappa shape index (κ1) is 10.3. The van der Waals surface area contributed by atoms with Gasteiger partial charge in [-0.05, 0) is 11.7 Å². The molecular formula is C6H14N2O2S2. The van der Waals surface area contributed by atoms with Crippen molar-refractivity contribution in [1.29, 1.82) is 0 Å². The summed E-state index contributed by atoms with van der Waals surface area (Å²) in [7, 11) is -1.84. The fourth-order valence-corrected chi connectivity index (χ4v) is 3.41. The lowest BCUT2D eigenvalue weighted by Gasteiger charge is -2.15. The Morgan fingerprint density at radius 3 is 2.50 bits per heavy atom. The van der Waals surface area contributed by atoms with Crippen LogP contribution in [0.5, 0.6) is 0 Å². The lowest BCUT2D eigenvalue weighted by molar-refractivity contribution is 0.498. The van der Waals surface area contributed by atoms with Gasteiger partial charge in [0.2, 0.25) is 0 Å². The van der Waals surface area contributed by atoms with Crippen LogP contribution in [0.3, 0.4) is 0 Å². The Balaban J connectivity index is 2.51. The smallest absolute Gasteiger partial charge is 0.205 e. The fourth-order valence-electron chi connectivity index (χ4n) is 1.07. The molecule has 0 spiro atoms. The van der Waals surface area contributed by atoms with E-state index in [4.69, 9.17) is 0 Å². The van der Waals surface area contributed by atoms with Crippen LogP contribution >= 0.6 is 11.8 Å². The summed E-state index contributed by atoms with van der Waals surface area (Å²) < 4.78 is 27.0. The van der Waals surface area contributed by atoms with Gasteiger partial charge in [0.25, 0.3) is 10.2 Å². The Hall–Kier alpha value is 0.220. The largest absolute Gasteiger partial charge is 0.276 e. The van der Waals surface area contributed by atoms with Crippen molar-refractivity contribution in [2.24, 2.45) is 5.92 Å². The van der Waals surface area contributed by atoms with Crippen molar-refractivity contribution in [3.05, 3.63) is 0 Å². The molecule has 2 unspecified atom stereocenters. The van der Waals surface area contributed by atoms with Crippen LogP contribution in [0.1, 0.15) is 6.92 Å². The van der Waals surface area contributed by atoms with Crippen LogP contribution in [-0.4, -0.2) is 33.0 Å². The van der Waals surface area contributed by atoms with Crippen LogP contribution in [0.2, 0.25) is 0 Å². The summed E-state index contributed by atoms with van der Waals surface area (Å²) in [6, 6.07) is 0.0902. The van der Waals surface area contributed by atoms with Gasteiger partial charge in [-0.2, -0.15) is 24.9 Å². The average Bonchev–Trinajstić information content (AvgIpc) is 2.36. The molecule has 72 valence electrons.